The van der Waals surface area contributed by atoms with Crippen LogP contribution >= 0.6 is 0 Å². The van der Waals surface area contributed by atoms with Crippen molar-refractivity contribution in [1.29, 1.82) is 0 Å². The molecule has 0 bridgehead atoms. The molecule has 0 saturated carbocycles. The third kappa shape index (κ3) is 7.48. The predicted molar refractivity (Wildman–Crippen MR) is 177 cm³/mol. The first-order valence-electron chi connectivity index (χ1n) is 13.3. The molecule has 0 aromatic heterocycles. The van der Waals surface area contributed by atoms with Crippen molar-refractivity contribution in [2.24, 2.45) is 0 Å². The molecule has 0 heterocycles. The summed E-state index contributed by atoms with van der Waals surface area (Å²) in [5.74, 6) is 0.584. The average molecular weight is 616 g/mol. The summed E-state index contributed by atoms with van der Waals surface area (Å²) < 4.78 is 0. The van der Waals surface area contributed by atoms with E-state index in [1.807, 2.05) is 0 Å². The van der Waals surface area contributed by atoms with E-state index in [1.165, 1.54) is 83.8 Å². The summed E-state index contributed by atoms with van der Waals surface area (Å²) >= 11 is 1.36. The molecule has 0 saturated heterocycles. The molecule has 0 N–H and O–H groups in total. The molecule has 40 heavy (non-hydrogen) atoms. The molecule has 0 aliphatic heterocycles. The Morgan fingerprint density at radius 2 is 1.25 bits per heavy atom. The van der Waals surface area contributed by atoms with E-state index < -0.39 is 0 Å². The molecule has 0 nitrogen and oxygen atoms in total. The monoisotopic (exact) mass is 614 g/mol. The Balaban J connectivity index is 0.000000252. The van der Waals surface area contributed by atoms with Gasteiger partial charge in [0.1, 0.15) is 0 Å². The number of aryl methyl sites for hydroxylation is 2. The van der Waals surface area contributed by atoms with Crippen LogP contribution in [0.2, 0.25) is 0 Å². The van der Waals surface area contributed by atoms with Gasteiger partial charge in [0.05, 0.1) is 0 Å². The van der Waals surface area contributed by atoms with E-state index in [9.17, 15) is 0 Å². The van der Waals surface area contributed by atoms with Gasteiger partial charge in [-0.15, -0.1) is 68.6 Å². The summed E-state index contributed by atoms with van der Waals surface area (Å²) in [6.07, 6.45) is 1.09. The number of benzene rings is 4. The van der Waals surface area contributed by atoms with Gasteiger partial charge in [-0.25, -0.2) is 0 Å². The Bertz CT molecular complexity index is 1600. The third-order valence-corrected chi connectivity index (χ3v) is 7.11. The standard InChI is InChI=1S/2C18H17.2CH3.Si.Zr/c1-13(2)16-11-15-9-6-10-17(18(15)12-16)14-7-4-3-5-8-14;1-3-14-9-10-16(15-7-5-4-6-8-15)18-12-13(2)11-17(14)18;;;;/h3-13H,1-2H3;4-12H,3H2,1-2H3;2*1H3;;/q4*-1;;. The summed E-state index contributed by atoms with van der Waals surface area (Å²) in [7, 11) is 0. The van der Waals surface area contributed by atoms with Gasteiger partial charge < -0.3 is 14.9 Å². The van der Waals surface area contributed by atoms with Crippen molar-refractivity contribution < 1.29 is 23.3 Å². The Morgan fingerprint density at radius 1 is 0.675 bits per heavy atom. The molecule has 0 aliphatic carbocycles. The molecule has 0 unspecified atom stereocenters. The zero-order chi connectivity index (χ0) is 27.1. The topological polar surface area (TPSA) is 0 Å². The van der Waals surface area contributed by atoms with Gasteiger partial charge in [-0.3, -0.25) is 0 Å². The third-order valence-electron chi connectivity index (χ3n) is 7.11. The van der Waals surface area contributed by atoms with Crippen LogP contribution < -0.4 is 0 Å². The molecule has 2 heteroatoms. The molecule has 0 atom stereocenters. The Hall–Kier alpha value is -2.80. The van der Waals surface area contributed by atoms with E-state index >= 15 is 0 Å². The Labute approximate surface area is 259 Å². The summed E-state index contributed by atoms with van der Waals surface area (Å²) in [6.45, 7) is 12.0. The van der Waals surface area contributed by atoms with Gasteiger partial charge in [-0.1, -0.05) is 118 Å². The summed E-state index contributed by atoms with van der Waals surface area (Å²) in [6, 6.07) is 41.6. The first kappa shape index (κ1) is 33.4. The molecule has 2 radical (unpaired) electrons. The molecule has 0 spiro atoms. The molecule has 0 amide bonds. The fourth-order valence-electron chi connectivity index (χ4n) is 5.14. The molecule has 0 aliphatic rings. The number of hydrogen-bond acceptors (Lipinski definition) is 0. The van der Waals surface area contributed by atoms with Gasteiger partial charge in [0.2, 0.25) is 0 Å². The molecule has 6 aromatic rings. The van der Waals surface area contributed by atoms with Crippen molar-refractivity contribution in [1.82, 2.24) is 0 Å². The fourth-order valence-corrected chi connectivity index (χ4v) is 5.14. The van der Waals surface area contributed by atoms with Crippen LogP contribution in [0.3, 0.4) is 0 Å². The predicted octanol–water partition coefficient (Wildman–Crippen LogP) is 11.0. The van der Waals surface area contributed by atoms with Crippen LogP contribution in [0.1, 0.15) is 43.4 Å². The van der Waals surface area contributed by atoms with Gasteiger partial charge in [0.15, 0.2) is 0 Å². The number of fused-ring (bicyclic) bond motifs is 2. The van der Waals surface area contributed by atoms with Crippen molar-refractivity contribution in [3.8, 4) is 22.3 Å². The van der Waals surface area contributed by atoms with E-state index in [4.69, 9.17) is 0 Å². The van der Waals surface area contributed by atoms with Crippen molar-refractivity contribution in [3.63, 3.8) is 0 Å². The first-order valence-corrected chi connectivity index (χ1v) is 17.5. The minimum absolute atomic E-state index is 0. The van der Waals surface area contributed by atoms with Crippen LogP contribution in [0, 0.1) is 21.8 Å². The van der Waals surface area contributed by atoms with Crippen LogP contribution in [0.5, 0.6) is 0 Å². The summed E-state index contributed by atoms with van der Waals surface area (Å²) in [5.41, 5.74) is 9.49. The van der Waals surface area contributed by atoms with Crippen molar-refractivity contribution >= 4 is 28.4 Å². The molecule has 6 aromatic carbocycles. The normalized spacial score (nSPS) is 10.1. The SMILES string of the molecule is CC(C)c1cc2c(-c3ccccc3)cccc2[cH-]1.CCc1ccc(-c2ccccc2)c2cc(C)[cH-]c12.[CH3-].[CH3-].[Si]=[Zr]. The van der Waals surface area contributed by atoms with Crippen LogP contribution in [0.25, 0.3) is 43.8 Å². The second-order valence-corrected chi connectivity index (χ2v) is 9.97. The minimum atomic E-state index is 0. The van der Waals surface area contributed by atoms with Gasteiger partial charge >= 0.3 is 30.2 Å². The molecule has 204 valence electrons. The van der Waals surface area contributed by atoms with E-state index in [0.29, 0.717) is 5.92 Å². The van der Waals surface area contributed by atoms with Crippen molar-refractivity contribution in [2.75, 3.05) is 0 Å². The van der Waals surface area contributed by atoms with E-state index in [0.717, 1.165) is 6.42 Å². The molecule has 6 rings (SSSR count). The molecule has 0 fully saturated rings. The second-order valence-electron chi connectivity index (χ2n) is 9.97. The first-order chi connectivity index (χ1) is 18.5. The van der Waals surface area contributed by atoms with Crippen LogP contribution in [0.4, 0.5) is 0 Å². The average Bonchev–Trinajstić information content (AvgIpc) is 3.58. The van der Waals surface area contributed by atoms with Crippen molar-refractivity contribution in [2.45, 2.75) is 40.0 Å². The van der Waals surface area contributed by atoms with Gasteiger partial charge in [0, 0.05) is 0 Å². The summed E-state index contributed by atoms with van der Waals surface area (Å²) in [5, 5.41) is 5.52. The van der Waals surface area contributed by atoms with Crippen molar-refractivity contribution in [3.05, 3.63) is 147 Å². The van der Waals surface area contributed by atoms with Gasteiger partial charge in [0.25, 0.3) is 0 Å². The second kappa shape index (κ2) is 15.8. The summed E-state index contributed by atoms with van der Waals surface area (Å²) in [4.78, 5) is 0. The zero-order valence-corrected chi connectivity index (χ0v) is 28.2. The Kier molecular flexibility index (Phi) is 13.2. The zero-order valence-electron chi connectivity index (χ0n) is 24.8. The Morgan fingerprint density at radius 3 is 1.80 bits per heavy atom. The fraction of sp³-hybridized carbons (Fsp3) is 0.158. The quantitative estimate of drug-likeness (QED) is 0.137. The molecular weight excluding hydrogens is 576 g/mol. The van der Waals surface area contributed by atoms with E-state index in [2.05, 4.69) is 150 Å². The van der Waals surface area contributed by atoms with Crippen LogP contribution in [-0.2, 0) is 29.8 Å². The van der Waals surface area contributed by atoms with Crippen LogP contribution in [-0.4, -0.2) is 6.88 Å². The van der Waals surface area contributed by atoms with E-state index in [1.54, 1.807) is 0 Å². The maximum atomic E-state index is 3.06. The molecular formula is C38H40SiZr-4. The van der Waals surface area contributed by atoms with Gasteiger partial charge in [-0.2, -0.15) is 12.1 Å². The number of rotatable bonds is 4. The van der Waals surface area contributed by atoms with E-state index in [-0.39, 0.29) is 14.9 Å². The maximum absolute atomic E-state index is 3.06. The number of hydrogen-bond donors (Lipinski definition) is 0. The van der Waals surface area contributed by atoms with Crippen LogP contribution in [0.15, 0.2) is 115 Å². The van der Waals surface area contributed by atoms with Gasteiger partial charge in [-0.05, 0) is 17.0 Å².